The average molecular weight is 444 g/mol. The molecule has 0 unspecified atom stereocenters. The number of anilines is 1. The summed E-state index contributed by atoms with van der Waals surface area (Å²) >= 11 is 0. The molecule has 168 valence electrons. The summed E-state index contributed by atoms with van der Waals surface area (Å²) in [5.41, 5.74) is 4.17. The number of carbonyl (C=O) groups is 1. The predicted octanol–water partition coefficient (Wildman–Crippen LogP) is 6.25. The van der Waals surface area contributed by atoms with Crippen molar-refractivity contribution in [2.45, 2.75) is 33.1 Å². The van der Waals surface area contributed by atoms with Crippen LogP contribution in [0.25, 0.3) is 5.69 Å². The number of hydrogen-bond acceptors (Lipinski definition) is 3. The maximum absolute atomic E-state index is 13.4. The number of aromatic nitrogens is 2. The summed E-state index contributed by atoms with van der Waals surface area (Å²) in [5.74, 6) is 0.720. The summed E-state index contributed by atoms with van der Waals surface area (Å²) in [6.45, 7) is 4.04. The summed E-state index contributed by atoms with van der Waals surface area (Å²) in [4.78, 5) is 12.6. The minimum Gasteiger partial charge on any atom is -0.439 e. The van der Waals surface area contributed by atoms with Crippen LogP contribution in [0.2, 0.25) is 0 Å². The van der Waals surface area contributed by atoms with Crippen LogP contribution in [0.1, 0.15) is 30.2 Å². The highest BCUT2D eigenvalue weighted by Gasteiger charge is 2.21. The van der Waals surface area contributed by atoms with Crippen molar-refractivity contribution >= 4 is 11.6 Å². The number of carbonyl (C=O) groups excluding carboxylic acids is 1. The number of rotatable bonds is 8. The number of para-hydroxylation sites is 1. The second-order valence-corrected chi connectivity index (χ2v) is 7.81. The molecule has 5 nitrogen and oxygen atoms in total. The number of amides is 1. The Morgan fingerprint density at radius 1 is 1.03 bits per heavy atom. The van der Waals surface area contributed by atoms with Gasteiger partial charge >= 0.3 is 0 Å². The van der Waals surface area contributed by atoms with Gasteiger partial charge in [-0.05, 0) is 67.8 Å². The topological polar surface area (TPSA) is 56.2 Å². The van der Waals surface area contributed by atoms with Crippen LogP contribution in [-0.2, 0) is 17.6 Å². The molecule has 0 saturated heterocycles. The van der Waals surface area contributed by atoms with Gasteiger partial charge in [0.05, 0.1) is 11.4 Å². The fourth-order valence-electron chi connectivity index (χ4n) is 3.68. The van der Waals surface area contributed by atoms with E-state index in [1.54, 1.807) is 16.8 Å². The van der Waals surface area contributed by atoms with Gasteiger partial charge in [0.15, 0.2) is 0 Å². The van der Waals surface area contributed by atoms with Gasteiger partial charge in [-0.2, -0.15) is 5.10 Å². The molecule has 4 rings (SSSR count). The summed E-state index contributed by atoms with van der Waals surface area (Å²) in [5, 5.41) is 7.56. The maximum atomic E-state index is 13.4. The molecule has 1 aromatic heterocycles. The number of nitrogens with one attached hydrogen (secondary N) is 1. The number of hydrogen-bond donors (Lipinski definition) is 1. The SMILES string of the molecule is CCc1nn(-c2ccccc2)c(Oc2cccc(C)c2)c1CCC(=O)Nc1cccc(F)c1. The van der Waals surface area contributed by atoms with Gasteiger partial charge in [-0.25, -0.2) is 9.07 Å². The Kier molecular flexibility index (Phi) is 6.83. The molecule has 0 bridgehead atoms. The second kappa shape index (κ2) is 10.1. The summed E-state index contributed by atoms with van der Waals surface area (Å²) in [6.07, 6.45) is 1.36. The van der Waals surface area contributed by atoms with Crippen molar-refractivity contribution < 1.29 is 13.9 Å². The zero-order chi connectivity index (χ0) is 23.2. The van der Waals surface area contributed by atoms with E-state index < -0.39 is 0 Å². The van der Waals surface area contributed by atoms with E-state index in [9.17, 15) is 9.18 Å². The van der Waals surface area contributed by atoms with Crippen molar-refractivity contribution in [2.24, 2.45) is 0 Å². The van der Waals surface area contributed by atoms with E-state index in [0.717, 1.165) is 22.5 Å². The molecule has 0 fully saturated rings. The third-order valence-corrected chi connectivity index (χ3v) is 5.27. The molecule has 1 heterocycles. The van der Waals surface area contributed by atoms with Crippen molar-refractivity contribution in [3.63, 3.8) is 0 Å². The fourth-order valence-corrected chi connectivity index (χ4v) is 3.68. The molecule has 1 amide bonds. The van der Waals surface area contributed by atoms with E-state index in [4.69, 9.17) is 9.84 Å². The molecule has 0 saturated carbocycles. The largest absolute Gasteiger partial charge is 0.439 e. The minimum atomic E-state index is -0.390. The minimum absolute atomic E-state index is 0.198. The molecule has 33 heavy (non-hydrogen) atoms. The van der Waals surface area contributed by atoms with E-state index in [1.807, 2.05) is 68.4 Å². The van der Waals surface area contributed by atoms with E-state index in [0.29, 0.717) is 30.2 Å². The third kappa shape index (κ3) is 5.47. The molecule has 0 atom stereocenters. The average Bonchev–Trinajstić information content (AvgIpc) is 3.15. The van der Waals surface area contributed by atoms with Crippen LogP contribution in [-0.4, -0.2) is 15.7 Å². The van der Waals surface area contributed by atoms with E-state index in [2.05, 4.69) is 5.32 Å². The van der Waals surface area contributed by atoms with Gasteiger partial charge < -0.3 is 10.1 Å². The Bertz CT molecular complexity index is 1250. The molecule has 1 N–H and O–H groups in total. The second-order valence-electron chi connectivity index (χ2n) is 7.81. The van der Waals surface area contributed by atoms with Gasteiger partial charge in [0.2, 0.25) is 11.8 Å². The van der Waals surface area contributed by atoms with E-state index >= 15 is 0 Å². The number of halogens is 1. The molecule has 3 aromatic carbocycles. The Morgan fingerprint density at radius 2 is 1.82 bits per heavy atom. The van der Waals surface area contributed by atoms with Crippen LogP contribution < -0.4 is 10.1 Å². The van der Waals surface area contributed by atoms with Gasteiger partial charge in [0.25, 0.3) is 0 Å². The first-order chi connectivity index (χ1) is 16.0. The summed E-state index contributed by atoms with van der Waals surface area (Å²) in [7, 11) is 0. The van der Waals surface area contributed by atoms with Crippen molar-refractivity contribution in [1.29, 1.82) is 0 Å². The zero-order valence-electron chi connectivity index (χ0n) is 18.7. The number of benzene rings is 3. The lowest BCUT2D eigenvalue weighted by atomic mass is 10.1. The predicted molar refractivity (Wildman–Crippen MR) is 128 cm³/mol. The van der Waals surface area contributed by atoms with Crippen LogP contribution >= 0.6 is 0 Å². The highest BCUT2D eigenvalue weighted by atomic mass is 19.1. The standard InChI is InChI=1S/C27H26FN3O2/c1-3-25-24(15-16-26(32)29-21-11-8-10-20(28)18-21)27(33-23-14-7-9-19(2)17-23)31(30-25)22-12-5-4-6-13-22/h4-14,17-18H,3,15-16H2,1-2H3,(H,29,32). The van der Waals surface area contributed by atoms with E-state index in [1.165, 1.54) is 12.1 Å². The molecule has 0 aliphatic heterocycles. The molecule has 0 aliphatic carbocycles. The van der Waals surface area contributed by atoms with Crippen LogP contribution in [0.3, 0.4) is 0 Å². The number of aryl methyl sites for hydroxylation is 2. The molecular formula is C27H26FN3O2. The first-order valence-corrected chi connectivity index (χ1v) is 11.0. The van der Waals surface area contributed by atoms with Crippen molar-refractivity contribution in [1.82, 2.24) is 9.78 Å². The van der Waals surface area contributed by atoms with E-state index in [-0.39, 0.29) is 18.1 Å². The zero-order valence-corrected chi connectivity index (χ0v) is 18.7. The lowest BCUT2D eigenvalue weighted by Gasteiger charge is -2.12. The molecule has 0 aliphatic rings. The van der Waals surface area contributed by atoms with Crippen LogP contribution in [0.4, 0.5) is 10.1 Å². The normalized spacial score (nSPS) is 10.8. The molecule has 0 spiro atoms. The van der Waals surface area contributed by atoms with Crippen molar-refractivity contribution in [3.05, 3.63) is 102 Å². The summed E-state index contributed by atoms with van der Waals surface area (Å²) < 4.78 is 21.6. The lowest BCUT2D eigenvalue weighted by Crippen LogP contribution is -2.13. The molecule has 0 radical (unpaired) electrons. The first-order valence-electron chi connectivity index (χ1n) is 11.0. The first kappa shape index (κ1) is 22.3. The van der Waals surface area contributed by atoms with Gasteiger partial charge in [-0.3, -0.25) is 4.79 Å². The Morgan fingerprint density at radius 3 is 2.55 bits per heavy atom. The molecule has 4 aromatic rings. The molecular weight excluding hydrogens is 417 g/mol. The Labute approximate surface area is 192 Å². The van der Waals surface area contributed by atoms with Crippen LogP contribution in [0.15, 0.2) is 78.9 Å². The van der Waals surface area contributed by atoms with Gasteiger partial charge in [0, 0.05) is 17.7 Å². The van der Waals surface area contributed by atoms with Gasteiger partial charge in [-0.15, -0.1) is 0 Å². The van der Waals surface area contributed by atoms with Crippen molar-refractivity contribution in [3.8, 4) is 17.3 Å². The highest BCUT2D eigenvalue weighted by Crippen LogP contribution is 2.32. The number of nitrogens with zero attached hydrogens (tertiary/aromatic N) is 2. The Balaban J connectivity index is 1.64. The fraction of sp³-hybridized carbons (Fsp3) is 0.185. The van der Waals surface area contributed by atoms with Crippen LogP contribution in [0, 0.1) is 12.7 Å². The van der Waals surface area contributed by atoms with Crippen LogP contribution in [0.5, 0.6) is 11.6 Å². The smallest absolute Gasteiger partial charge is 0.226 e. The monoisotopic (exact) mass is 443 g/mol. The Hall–Kier alpha value is -3.93. The lowest BCUT2D eigenvalue weighted by molar-refractivity contribution is -0.116. The van der Waals surface area contributed by atoms with Gasteiger partial charge in [-0.1, -0.05) is 43.3 Å². The molecule has 6 heteroatoms. The third-order valence-electron chi connectivity index (χ3n) is 5.27. The van der Waals surface area contributed by atoms with Crippen molar-refractivity contribution in [2.75, 3.05) is 5.32 Å². The summed E-state index contributed by atoms with van der Waals surface area (Å²) in [6, 6.07) is 23.5. The quantitative estimate of drug-likeness (QED) is 0.350. The number of ether oxygens (including phenoxy) is 1. The van der Waals surface area contributed by atoms with Gasteiger partial charge in [0.1, 0.15) is 11.6 Å². The maximum Gasteiger partial charge on any atom is 0.226 e. The highest BCUT2D eigenvalue weighted by molar-refractivity contribution is 5.90.